The Morgan fingerprint density at radius 1 is 1.22 bits per heavy atom. The lowest BCUT2D eigenvalue weighted by molar-refractivity contribution is -0.143. The van der Waals surface area contributed by atoms with Crippen molar-refractivity contribution in [3.8, 4) is 0 Å². The zero-order valence-electron chi connectivity index (χ0n) is 14.6. The van der Waals surface area contributed by atoms with E-state index in [2.05, 4.69) is 4.90 Å². The van der Waals surface area contributed by atoms with Gasteiger partial charge in [0.1, 0.15) is 6.04 Å². The van der Waals surface area contributed by atoms with Gasteiger partial charge in [0.25, 0.3) is 0 Å². The summed E-state index contributed by atoms with van der Waals surface area (Å²) < 4.78 is 0. The highest BCUT2D eigenvalue weighted by atomic mass is 32.2. The van der Waals surface area contributed by atoms with Crippen molar-refractivity contribution in [1.82, 2.24) is 14.7 Å². The number of aliphatic hydroxyl groups is 1. The standard InChI is InChI=1S/C16H29N3O3S/c1-12(20)19-11-23-10-13(19)15(22)18-7-5-17(6-8-18)9-14(21)16(2,3)4/h13-14,21H,5-11H2,1-4H3. The number of nitrogens with zero attached hydrogens (tertiary/aromatic N) is 3. The fourth-order valence-corrected chi connectivity index (χ4v) is 4.05. The molecule has 0 bridgehead atoms. The highest BCUT2D eigenvalue weighted by molar-refractivity contribution is 7.99. The molecule has 0 aromatic heterocycles. The summed E-state index contributed by atoms with van der Waals surface area (Å²) in [5.41, 5.74) is -0.129. The second kappa shape index (κ2) is 7.40. The summed E-state index contributed by atoms with van der Waals surface area (Å²) in [6.45, 7) is 11.2. The van der Waals surface area contributed by atoms with Gasteiger partial charge in [-0.2, -0.15) is 0 Å². The van der Waals surface area contributed by atoms with E-state index < -0.39 is 0 Å². The maximum Gasteiger partial charge on any atom is 0.246 e. The molecular formula is C16H29N3O3S. The van der Waals surface area contributed by atoms with Gasteiger partial charge in [-0.3, -0.25) is 14.5 Å². The van der Waals surface area contributed by atoms with E-state index in [1.54, 1.807) is 16.7 Å². The Labute approximate surface area is 143 Å². The number of aliphatic hydroxyl groups excluding tert-OH is 1. The van der Waals surface area contributed by atoms with E-state index in [1.165, 1.54) is 6.92 Å². The first-order chi connectivity index (χ1) is 10.7. The fourth-order valence-electron chi connectivity index (χ4n) is 2.84. The first kappa shape index (κ1) is 18.5. The Morgan fingerprint density at radius 2 is 1.83 bits per heavy atom. The minimum Gasteiger partial charge on any atom is -0.391 e. The highest BCUT2D eigenvalue weighted by Gasteiger charge is 2.37. The molecule has 0 spiro atoms. The molecule has 2 aliphatic heterocycles. The zero-order chi connectivity index (χ0) is 17.2. The van der Waals surface area contributed by atoms with Gasteiger partial charge in [0.15, 0.2) is 0 Å². The van der Waals surface area contributed by atoms with Crippen LogP contribution in [0.2, 0.25) is 0 Å². The van der Waals surface area contributed by atoms with Gasteiger partial charge in [-0.05, 0) is 5.41 Å². The molecule has 2 unspecified atom stereocenters. The first-order valence-electron chi connectivity index (χ1n) is 8.24. The van der Waals surface area contributed by atoms with Crippen LogP contribution in [0.5, 0.6) is 0 Å². The molecule has 2 fully saturated rings. The smallest absolute Gasteiger partial charge is 0.246 e. The van der Waals surface area contributed by atoms with Gasteiger partial charge in [0.2, 0.25) is 11.8 Å². The van der Waals surface area contributed by atoms with Crippen LogP contribution in [0.15, 0.2) is 0 Å². The minimum absolute atomic E-state index is 0.0275. The van der Waals surface area contributed by atoms with Crippen LogP contribution in [0, 0.1) is 5.41 Å². The lowest BCUT2D eigenvalue weighted by Gasteiger charge is -2.39. The summed E-state index contributed by atoms with van der Waals surface area (Å²) in [4.78, 5) is 30.0. The summed E-state index contributed by atoms with van der Waals surface area (Å²) >= 11 is 1.64. The molecule has 0 saturated carbocycles. The molecule has 0 aromatic carbocycles. The predicted molar refractivity (Wildman–Crippen MR) is 92.1 cm³/mol. The molecule has 0 radical (unpaired) electrons. The van der Waals surface area contributed by atoms with Crippen molar-refractivity contribution in [2.24, 2.45) is 5.41 Å². The van der Waals surface area contributed by atoms with E-state index in [0.29, 0.717) is 31.3 Å². The van der Waals surface area contributed by atoms with Crippen LogP contribution >= 0.6 is 11.8 Å². The summed E-state index contributed by atoms with van der Waals surface area (Å²) in [5, 5.41) is 10.2. The lowest BCUT2D eigenvalue weighted by Crippen LogP contribution is -2.56. The molecule has 6 nitrogen and oxygen atoms in total. The molecule has 7 heteroatoms. The third-order valence-corrected chi connectivity index (χ3v) is 5.70. The van der Waals surface area contributed by atoms with E-state index in [0.717, 1.165) is 13.1 Å². The summed E-state index contributed by atoms with van der Waals surface area (Å²) in [7, 11) is 0. The fraction of sp³-hybridized carbons (Fsp3) is 0.875. The van der Waals surface area contributed by atoms with Crippen molar-refractivity contribution in [2.45, 2.75) is 39.8 Å². The normalized spacial score (nSPS) is 24.8. The van der Waals surface area contributed by atoms with Gasteiger partial charge in [-0.25, -0.2) is 0 Å². The number of rotatable bonds is 3. The minimum atomic E-state index is -0.371. The van der Waals surface area contributed by atoms with Gasteiger partial charge < -0.3 is 14.9 Å². The number of piperazine rings is 1. The van der Waals surface area contributed by atoms with Crippen molar-refractivity contribution in [3.05, 3.63) is 0 Å². The average Bonchev–Trinajstić information content (AvgIpc) is 2.96. The number of carbonyl (C=O) groups excluding carboxylic acids is 2. The number of carbonyl (C=O) groups is 2. The Morgan fingerprint density at radius 3 is 2.35 bits per heavy atom. The Hall–Kier alpha value is -0.790. The van der Waals surface area contributed by atoms with E-state index in [9.17, 15) is 14.7 Å². The van der Waals surface area contributed by atoms with Crippen LogP contribution < -0.4 is 0 Å². The van der Waals surface area contributed by atoms with Crippen LogP contribution in [-0.4, -0.2) is 88.1 Å². The van der Waals surface area contributed by atoms with Crippen LogP contribution in [0.4, 0.5) is 0 Å². The Kier molecular flexibility index (Phi) is 5.97. The summed E-state index contributed by atoms with van der Waals surface area (Å²) in [6, 6.07) is -0.302. The third kappa shape index (κ3) is 4.61. The second-order valence-corrected chi connectivity index (χ2v) is 8.51. The van der Waals surface area contributed by atoms with Crippen LogP contribution in [0.1, 0.15) is 27.7 Å². The van der Waals surface area contributed by atoms with Crippen molar-refractivity contribution in [1.29, 1.82) is 0 Å². The summed E-state index contributed by atoms with van der Waals surface area (Å²) in [6.07, 6.45) is -0.371. The van der Waals surface area contributed by atoms with Crippen LogP contribution in [-0.2, 0) is 9.59 Å². The predicted octanol–water partition coefficient (Wildman–Crippen LogP) is 0.459. The van der Waals surface area contributed by atoms with E-state index >= 15 is 0 Å². The topological polar surface area (TPSA) is 64.1 Å². The second-order valence-electron chi connectivity index (χ2n) is 7.51. The van der Waals surface area contributed by atoms with E-state index in [1.807, 2.05) is 25.7 Å². The van der Waals surface area contributed by atoms with Gasteiger partial charge in [0, 0.05) is 45.4 Å². The largest absolute Gasteiger partial charge is 0.391 e. The van der Waals surface area contributed by atoms with Gasteiger partial charge in [-0.15, -0.1) is 11.8 Å². The van der Waals surface area contributed by atoms with Crippen molar-refractivity contribution >= 4 is 23.6 Å². The molecule has 2 heterocycles. The van der Waals surface area contributed by atoms with Crippen LogP contribution in [0.25, 0.3) is 0 Å². The van der Waals surface area contributed by atoms with Crippen molar-refractivity contribution < 1.29 is 14.7 Å². The molecule has 2 aliphatic rings. The van der Waals surface area contributed by atoms with E-state index in [4.69, 9.17) is 0 Å². The third-order valence-electron chi connectivity index (χ3n) is 4.69. The maximum atomic E-state index is 12.7. The van der Waals surface area contributed by atoms with E-state index in [-0.39, 0.29) is 29.4 Å². The zero-order valence-corrected chi connectivity index (χ0v) is 15.4. The number of thioether (sulfide) groups is 1. The highest BCUT2D eigenvalue weighted by Crippen LogP contribution is 2.24. The molecule has 2 atom stereocenters. The lowest BCUT2D eigenvalue weighted by atomic mass is 9.89. The molecule has 23 heavy (non-hydrogen) atoms. The number of β-amino-alcohol motifs (C(OH)–C–C–N with tert-alkyl or cyclic N) is 1. The van der Waals surface area contributed by atoms with Crippen LogP contribution in [0.3, 0.4) is 0 Å². The van der Waals surface area contributed by atoms with Gasteiger partial charge >= 0.3 is 0 Å². The molecule has 0 aliphatic carbocycles. The quantitative estimate of drug-likeness (QED) is 0.807. The Bertz CT molecular complexity index is 444. The monoisotopic (exact) mass is 343 g/mol. The van der Waals surface area contributed by atoms with Crippen molar-refractivity contribution in [3.63, 3.8) is 0 Å². The number of hydrogen-bond donors (Lipinski definition) is 1. The SMILES string of the molecule is CC(=O)N1CSCC1C(=O)N1CCN(CC(O)C(C)(C)C)CC1. The number of amides is 2. The molecule has 2 amide bonds. The molecule has 1 N–H and O–H groups in total. The van der Waals surface area contributed by atoms with Gasteiger partial charge in [-0.1, -0.05) is 20.8 Å². The Balaban J connectivity index is 1.84. The first-order valence-corrected chi connectivity index (χ1v) is 9.40. The molecular weight excluding hydrogens is 314 g/mol. The average molecular weight is 343 g/mol. The van der Waals surface area contributed by atoms with Crippen molar-refractivity contribution in [2.75, 3.05) is 44.4 Å². The summed E-state index contributed by atoms with van der Waals surface area (Å²) in [5.74, 6) is 1.35. The molecule has 132 valence electrons. The molecule has 2 saturated heterocycles. The molecule has 2 rings (SSSR count). The maximum absolute atomic E-state index is 12.7. The van der Waals surface area contributed by atoms with Gasteiger partial charge in [0.05, 0.1) is 12.0 Å². The number of hydrogen-bond acceptors (Lipinski definition) is 5. The molecule has 0 aromatic rings.